The van der Waals surface area contributed by atoms with Crippen molar-refractivity contribution in [3.8, 4) is 0 Å². The Morgan fingerprint density at radius 2 is 1.02 bits per heavy atom. The lowest BCUT2D eigenvalue weighted by Gasteiger charge is -2.17. The van der Waals surface area contributed by atoms with Crippen molar-refractivity contribution in [1.29, 1.82) is 0 Å². The van der Waals surface area contributed by atoms with Gasteiger partial charge in [0.25, 0.3) is 0 Å². The molecule has 1 aromatic heterocycles. The van der Waals surface area contributed by atoms with Crippen LogP contribution in [-0.4, -0.2) is 41.8 Å². The first-order chi connectivity index (χ1) is 20.9. The van der Waals surface area contributed by atoms with E-state index in [-0.39, 0.29) is 36.3 Å². The minimum atomic E-state index is -2.42. The predicted molar refractivity (Wildman–Crippen MR) is 137 cm³/mol. The summed E-state index contributed by atoms with van der Waals surface area (Å²) in [6, 6.07) is 2.07. The molecule has 0 atom stereocenters. The van der Waals surface area contributed by atoms with E-state index in [1.54, 1.807) is 7.05 Å². The molecule has 3 aromatic rings. The monoisotopic (exact) mass is 624 g/mol. The van der Waals surface area contributed by atoms with Crippen LogP contribution in [0.3, 0.4) is 0 Å². The molecule has 0 unspecified atom stereocenters. The maximum atomic E-state index is 15.2. The first kappa shape index (κ1) is 29.0. The van der Waals surface area contributed by atoms with Gasteiger partial charge in [-0.05, 0) is 30.4 Å². The number of benzene rings is 2. The second-order valence-corrected chi connectivity index (χ2v) is 9.55. The zero-order chi connectivity index (χ0) is 31.6. The van der Waals surface area contributed by atoms with Gasteiger partial charge in [0, 0.05) is 35.7 Å². The molecular formula is C29H14F10N4O. The normalized spacial score (nSPS) is 19.7. The van der Waals surface area contributed by atoms with Crippen molar-refractivity contribution in [3.63, 3.8) is 0 Å². The molecule has 0 fully saturated rings. The molecule has 1 N–H and O–H groups in total. The number of fused-ring (bicyclic) bond motifs is 4. The summed E-state index contributed by atoms with van der Waals surface area (Å²) in [7, 11) is 1.57. The van der Waals surface area contributed by atoms with Crippen LogP contribution in [0.2, 0.25) is 0 Å². The summed E-state index contributed by atoms with van der Waals surface area (Å²) in [6.07, 6.45) is 5.05. The molecule has 2 aromatic carbocycles. The molecule has 44 heavy (non-hydrogen) atoms. The minimum Gasteiger partial charge on any atom is -0.476 e. The molecule has 226 valence electrons. The van der Waals surface area contributed by atoms with E-state index < -0.39 is 91.8 Å². The third-order valence-electron chi connectivity index (χ3n) is 6.96. The highest BCUT2D eigenvalue weighted by atomic mass is 19.2. The number of H-pyrrole nitrogens is 1. The molecule has 3 aliphatic heterocycles. The molecule has 0 saturated carbocycles. The van der Waals surface area contributed by atoms with Crippen LogP contribution in [0.4, 0.5) is 43.9 Å². The van der Waals surface area contributed by atoms with Crippen LogP contribution in [-0.2, 0) is 4.74 Å². The summed E-state index contributed by atoms with van der Waals surface area (Å²) >= 11 is 0. The van der Waals surface area contributed by atoms with Crippen LogP contribution in [0.25, 0.3) is 11.1 Å². The number of nitrogens with zero attached hydrogens (tertiary/aromatic N) is 3. The number of amidine groups is 1. The molecule has 0 aliphatic carbocycles. The lowest BCUT2D eigenvalue weighted by molar-refractivity contribution is 0.276. The minimum absolute atomic E-state index is 0.0622. The van der Waals surface area contributed by atoms with Crippen molar-refractivity contribution in [2.24, 2.45) is 9.98 Å². The number of hydrogen-bond donors (Lipinski definition) is 1. The van der Waals surface area contributed by atoms with Gasteiger partial charge in [0.1, 0.15) is 12.4 Å². The summed E-state index contributed by atoms with van der Waals surface area (Å²) in [6.45, 7) is 0.0597. The van der Waals surface area contributed by atoms with Gasteiger partial charge < -0.3 is 14.6 Å². The molecule has 0 amide bonds. The van der Waals surface area contributed by atoms with Crippen molar-refractivity contribution in [1.82, 2.24) is 9.88 Å². The van der Waals surface area contributed by atoms with Gasteiger partial charge in [0.15, 0.2) is 46.5 Å². The Morgan fingerprint density at radius 3 is 1.52 bits per heavy atom. The molecule has 3 aliphatic rings. The molecule has 0 radical (unpaired) electrons. The average molecular weight is 624 g/mol. The van der Waals surface area contributed by atoms with E-state index in [0.717, 1.165) is 18.2 Å². The van der Waals surface area contributed by atoms with Gasteiger partial charge in [-0.2, -0.15) is 0 Å². The van der Waals surface area contributed by atoms with Crippen LogP contribution in [0.5, 0.6) is 0 Å². The summed E-state index contributed by atoms with van der Waals surface area (Å²) < 4.78 is 151. The molecule has 0 spiro atoms. The number of likely N-dealkylation sites (N-methyl/N-ethyl adjacent to an activating group) is 1. The van der Waals surface area contributed by atoms with Gasteiger partial charge in [-0.1, -0.05) is 0 Å². The van der Waals surface area contributed by atoms with Crippen LogP contribution < -0.4 is 0 Å². The highest BCUT2D eigenvalue weighted by Crippen LogP contribution is 2.40. The SMILES string of the molecule is CN1CCOC2=N/C(=C(/c3c(F)c(F)c(F)c(F)c3F)c3ccc([nH]3)/C(c3c(F)c(F)c(F)c(F)c3F)=C3/C=CC1=N3)C=C2. The van der Waals surface area contributed by atoms with E-state index in [1.807, 2.05) is 0 Å². The maximum absolute atomic E-state index is 15.2. The topological polar surface area (TPSA) is 53.0 Å². The Hall–Kier alpha value is -5.08. The number of hydrogen-bond acceptors (Lipinski definition) is 4. The van der Waals surface area contributed by atoms with Gasteiger partial charge in [-0.15, -0.1) is 0 Å². The van der Waals surface area contributed by atoms with E-state index in [2.05, 4.69) is 15.0 Å². The number of nitrogens with one attached hydrogen (secondary N) is 1. The smallest absolute Gasteiger partial charge is 0.213 e. The maximum Gasteiger partial charge on any atom is 0.213 e. The number of allylic oxidation sites excluding steroid dienone is 2. The fourth-order valence-electron chi connectivity index (χ4n) is 4.81. The largest absolute Gasteiger partial charge is 0.476 e. The quantitative estimate of drug-likeness (QED) is 0.193. The Labute approximate surface area is 240 Å². The Bertz CT molecular complexity index is 1910. The first-order valence-corrected chi connectivity index (χ1v) is 12.5. The molecule has 15 heteroatoms. The van der Waals surface area contributed by atoms with Crippen molar-refractivity contribution in [3.05, 3.63) is 129 Å². The third kappa shape index (κ3) is 4.41. The standard InChI is InChI=1S/C29H14F10N4O/c1-43-8-9-44-15-7-5-13(42-15)17(19-22(32)26(36)29(39)27(37)23(19)33)11-3-2-10(40-11)16(12-4-6-14(43)41-12)18-20(30)24(34)28(38)25(35)21(18)31/h2-7,40H,8-9H2,1H3/b16-12+,17-13+. The fraction of sp³-hybridized carbons (Fsp3) is 0.103. The van der Waals surface area contributed by atoms with Gasteiger partial charge in [0.2, 0.25) is 17.5 Å². The van der Waals surface area contributed by atoms with Crippen LogP contribution in [0.15, 0.2) is 57.8 Å². The predicted octanol–water partition coefficient (Wildman–Crippen LogP) is 6.82. The zero-order valence-corrected chi connectivity index (χ0v) is 21.9. The summed E-state index contributed by atoms with van der Waals surface area (Å²) in [5.41, 5.74) is -5.59. The van der Waals surface area contributed by atoms with Gasteiger partial charge >= 0.3 is 0 Å². The average Bonchev–Trinajstić information content (AvgIpc) is 3.79. The van der Waals surface area contributed by atoms with Crippen LogP contribution >= 0.6 is 0 Å². The molecule has 6 bridgehead atoms. The van der Waals surface area contributed by atoms with Crippen molar-refractivity contribution in [2.45, 2.75) is 0 Å². The third-order valence-corrected chi connectivity index (χ3v) is 6.96. The van der Waals surface area contributed by atoms with Crippen molar-refractivity contribution < 1.29 is 48.6 Å². The van der Waals surface area contributed by atoms with E-state index >= 15 is 17.6 Å². The highest BCUT2D eigenvalue weighted by Gasteiger charge is 2.34. The zero-order valence-electron chi connectivity index (χ0n) is 21.9. The summed E-state index contributed by atoms with van der Waals surface area (Å²) in [4.78, 5) is 12.5. The molecule has 0 saturated heterocycles. The summed E-state index contributed by atoms with van der Waals surface area (Å²) in [5, 5.41) is 0. The molecule has 6 rings (SSSR count). The van der Waals surface area contributed by atoms with Crippen LogP contribution in [0.1, 0.15) is 22.5 Å². The van der Waals surface area contributed by atoms with Gasteiger partial charge in [-0.25, -0.2) is 53.9 Å². The second kappa shape index (κ2) is 10.6. The number of halogens is 10. The number of rotatable bonds is 2. The number of aromatic amines is 1. The van der Waals surface area contributed by atoms with E-state index in [0.29, 0.717) is 0 Å². The second-order valence-electron chi connectivity index (χ2n) is 9.55. The summed E-state index contributed by atoms with van der Waals surface area (Å²) in [5.74, 6) is -22.6. The first-order valence-electron chi connectivity index (χ1n) is 12.5. The molecular weight excluding hydrogens is 610 g/mol. The lowest BCUT2D eigenvalue weighted by atomic mass is 9.98. The fourth-order valence-corrected chi connectivity index (χ4v) is 4.81. The number of ether oxygens (including phenoxy) is 1. The van der Waals surface area contributed by atoms with E-state index in [1.165, 1.54) is 23.1 Å². The van der Waals surface area contributed by atoms with Crippen molar-refractivity contribution >= 4 is 22.9 Å². The Kier molecular flexibility index (Phi) is 6.97. The van der Waals surface area contributed by atoms with Gasteiger partial charge in [0.05, 0.1) is 29.1 Å². The van der Waals surface area contributed by atoms with Gasteiger partial charge in [-0.3, -0.25) is 0 Å². The van der Waals surface area contributed by atoms with Crippen LogP contribution in [0, 0.1) is 58.2 Å². The Balaban J connectivity index is 1.69. The number of aliphatic imine (C=N–C) groups is 2. The Morgan fingerprint density at radius 1 is 0.591 bits per heavy atom. The van der Waals surface area contributed by atoms with E-state index in [9.17, 15) is 26.3 Å². The molecule has 5 nitrogen and oxygen atoms in total. The van der Waals surface area contributed by atoms with Crippen molar-refractivity contribution in [2.75, 3.05) is 20.2 Å². The lowest BCUT2D eigenvalue weighted by Crippen LogP contribution is -2.28. The molecule has 4 heterocycles. The van der Waals surface area contributed by atoms with E-state index in [4.69, 9.17) is 4.74 Å². The highest BCUT2D eigenvalue weighted by molar-refractivity contribution is 6.00. The number of aromatic nitrogens is 1.